The molecule has 0 spiro atoms. The lowest BCUT2D eigenvalue weighted by molar-refractivity contribution is -0.945. The molecule has 4 rings (SSSR count). The normalized spacial score (nSPS) is 17.4. The second kappa shape index (κ2) is 7.04. The summed E-state index contributed by atoms with van der Waals surface area (Å²) in [6.07, 6.45) is 0.952. The first-order chi connectivity index (χ1) is 13.1. The van der Waals surface area contributed by atoms with Crippen LogP contribution in [0.3, 0.4) is 0 Å². The number of benzene rings is 2. The fraction of sp³-hybridized carbons (Fsp3) is 0.333. The predicted octanol–water partition coefficient (Wildman–Crippen LogP) is 1.64. The molecule has 1 unspecified atom stereocenters. The van der Waals surface area contributed by atoms with Crippen LogP contribution in [0, 0.1) is 0 Å². The lowest BCUT2D eigenvalue weighted by atomic mass is 9.97. The number of para-hydroxylation sites is 1. The molecule has 0 fully saturated rings. The van der Waals surface area contributed by atoms with Crippen molar-refractivity contribution in [2.45, 2.75) is 25.9 Å². The van der Waals surface area contributed by atoms with Crippen LogP contribution in [0.4, 0.5) is 0 Å². The van der Waals surface area contributed by atoms with Gasteiger partial charge in [-0.05, 0) is 36.8 Å². The number of nitrogens with one attached hydrogen (secondary N) is 2. The molecular weight excluding hydrogens is 342 g/mol. The zero-order valence-electron chi connectivity index (χ0n) is 15.8. The Kier molecular flexibility index (Phi) is 4.58. The first-order valence-electron chi connectivity index (χ1n) is 9.18. The summed E-state index contributed by atoms with van der Waals surface area (Å²) in [4.78, 5) is 21.5. The molecule has 1 aliphatic rings. The fourth-order valence-electron chi connectivity index (χ4n) is 3.86. The molecule has 0 amide bonds. The van der Waals surface area contributed by atoms with Gasteiger partial charge in [-0.2, -0.15) is 0 Å². The maximum atomic E-state index is 12.4. The van der Waals surface area contributed by atoms with Gasteiger partial charge in [0.2, 0.25) is 0 Å². The average molecular weight is 366 g/mol. The van der Waals surface area contributed by atoms with Gasteiger partial charge in [-0.15, -0.1) is 0 Å². The third-order valence-electron chi connectivity index (χ3n) is 5.49. The second-order valence-electron chi connectivity index (χ2n) is 7.00. The van der Waals surface area contributed by atoms with Gasteiger partial charge in [0.1, 0.15) is 12.6 Å². The third kappa shape index (κ3) is 3.17. The Morgan fingerprint density at radius 1 is 1.11 bits per heavy atom. The van der Waals surface area contributed by atoms with Gasteiger partial charge in [0, 0.05) is 12.0 Å². The lowest BCUT2D eigenvalue weighted by Gasteiger charge is -2.30. The van der Waals surface area contributed by atoms with Gasteiger partial charge in [-0.1, -0.05) is 12.1 Å². The van der Waals surface area contributed by atoms with Crippen LogP contribution >= 0.6 is 0 Å². The summed E-state index contributed by atoms with van der Waals surface area (Å²) in [5, 5.41) is 0.629. The van der Waals surface area contributed by atoms with Gasteiger partial charge in [-0.25, -0.2) is 4.98 Å². The molecule has 2 atom stereocenters. The average Bonchev–Trinajstić information content (AvgIpc) is 2.71. The molecule has 2 heterocycles. The standard InChI is InChI=1S/C21H23N3O3/c1-13(20-22-17-7-5-4-6-16(17)21(25)23-20)24-9-8-14-10-18(26-2)19(27-3)11-15(14)12-24/h4-7,10-11,13H,8-9,12H2,1-3H3,(H,22,23,25)/p+1/t13-/m0/s1. The maximum Gasteiger partial charge on any atom is 0.258 e. The second-order valence-corrected chi connectivity index (χ2v) is 7.00. The molecule has 0 aliphatic carbocycles. The summed E-state index contributed by atoms with van der Waals surface area (Å²) in [7, 11) is 3.32. The molecule has 27 heavy (non-hydrogen) atoms. The number of fused-ring (bicyclic) bond motifs is 2. The van der Waals surface area contributed by atoms with Crippen LogP contribution in [0.25, 0.3) is 10.9 Å². The van der Waals surface area contributed by atoms with Crippen LogP contribution in [0.2, 0.25) is 0 Å². The molecule has 1 aromatic heterocycles. The van der Waals surface area contributed by atoms with Crippen molar-refractivity contribution in [2.75, 3.05) is 20.8 Å². The van der Waals surface area contributed by atoms with E-state index in [-0.39, 0.29) is 11.6 Å². The summed E-state index contributed by atoms with van der Waals surface area (Å²) < 4.78 is 10.9. The molecule has 2 aromatic carbocycles. The van der Waals surface area contributed by atoms with Crippen molar-refractivity contribution in [3.8, 4) is 11.5 Å². The van der Waals surface area contributed by atoms with Gasteiger partial charge in [0.15, 0.2) is 17.3 Å². The summed E-state index contributed by atoms with van der Waals surface area (Å²) in [5.41, 5.74) is 3.21. The molecule has 0 bridgehead atoms. The van der Waals surface area contributed by atoms with E-state index < -0.39 is 0 Å². The van der Waals surface area contributed by atoms with Crippen LogP contribution in [-0.2, 0) is 13.0 Å². The smallest absolute Gasteiger partial charge is 0.258 e. The van der Waals surface area contributed by atoms with Gasteiger partial charge >= 0.3 is 0 Å². The van der Waals surface area contributed by atoms with E-state index in [1.54, 1.807) is 20.3 Å². The summed E-state index contributed by atoms with van der Waals surface area (Å²) in [5.74, 6) is 2.26. The summed E-state index contributed by atoms with van der Waals surface area (Å²) >= 11 is 0. The largest absolute Gasteiger partial charge is 0.493 e. The summed E-state index contributed by atoms with van der Waals surface area (Å²) in [6, 6.07) is 11.7. The van der Waals surface area contributed by atoms with E-state index in [1.807, 2.05) is 18.2 Å². The minimum absolute atomic E-state index is 0.0781. The van der Waals surface area contributed by atoms with Crippen molar-refractivity contribution in [1.82, 2.24) is 9.97 Å². The molecule has 0 radical (unpaired) electrons. The molecule has 2 N–H and O–H groups in total. The fourth-order valence-corrected chi connectivity index (χ4v) is 3.86. The van der Waals surface area contributed by atoms with E-state index >= 15 is 0 Å². The van der Waals surface area contributed by atoms with Crippen molar-refractivity contribution in [3.63, 3.8) is 0 Å². The number of hydrogen-bond donors (Lipinski definition) is 2. The minimum Gasteiger partial charge on any atom is -0.493 e. The molecule has 0 saturated heterocycles. The minimum atomic E-state index is -0.0781. The SMILES string of the molecule is COc1cc2c(cc1OC)C[NH+]([C@@H](C)c1nc3ccccc3c(=O)[nH]1)CC2. The number of quaternary nitrogens is 1. The van der Waals surface area contributed by atoms with Crippen LogP contribution in [0.1, 0.15) is 29.9 Å². The Labute approximate surface area is 157 Å². The van der Waals surface area contributed by atoms with Crippen molar-refractivity contribution >= 4 is 10.9 Å². The number of hydrogen-bond acceptors (Lipinski definition) is 4. The van der Waals surface area contributed by atoms with Crippen LogP contribution in [0.15, 0.2) is 41.2 Å². The van der Waals surface area contributed by atoms with Gasteiger partial charge in [-0.3, -0.25) is 4.79 Å². The predicted molar refractivity (Wildman–Crippen MR) is 104 cm³/mol. The van der Waals surface area contributed by atoms with Gasteiger partial charge in [0.05, 0.1) is 31.7 Å². The van der Waals surface area contributed by atoms with E-state index in [0.29, 0.717) is 5.39 Å². The third-order valence-corrected chi connectivity index (χ3v) is 5.49. The van der Waals surface area contributed by atoms with Gasteiger partial charge < -0.3 is 19.4 Å². The van der Waals surface area contributed by atoms with Crippen molar-refractivity contribution < 1.29 is 14.4 Å². The molecule has 3 aromatic rings. The quantitative estimate of drug-likeness (QED) is 0.737. The first-order valence-corrected chi connectivity index (χ1v) is 9.18. The lowest BCUT2D eigenvalue weighted by Crippen LogP contribution is -3.11. The number of ether oxygens (including phenoxy) is 2. The molecule has 0 saturated carbocycles. The van der Waals surface area contributed by atoms with Crippen LogP contribution in [-0.4, -0.2) is 30.7 Å². The number of nitrogens with zero attached hydrogens (tertiary/aromatic N) is 1. The Morgan fingerprint density at radius 2 is 1.81 bits per heavy atom. The van der Waals surface area contributed by atoms with Gasteiger partial charge in [0.25, 0.3) is 5.56 Å². The number of aromatic nitrogens is 2. The topological polar surface area (TPSA) is 68.7 Å². The number of rotatable bonds is 4. The van der Waals surface area contributed by atoms with Crippen LogP contribution in [0.5, 0.6) is 11.5 Å². The Morgan fingerprint density at radius 3 is 2.56 bits per heavy atom. The highest BCUT2D eigenvalue weighted by Crippen LogP contribution is 2.31. The maximum absolute atomic E-state index is 12.4. The Hall–Kier alpha value is -2.86. The highest BCUT2D eigenvalue weighted by Gasteiger charge is 2.28. The molecule has 140 valence electrons. The Bertz CT molecular complexity index is 1040. The van der Waals surface area contributed by atoms with E-state index in [9.17, 15) is 4.79 Å². The highest BCUT2D eigenvalue weighted by atomic mass is 16.5. The first kappa shape index (κ1) is 17.5. The summed E-state index contributed by atoms with van der Waals surface area (Å²) in [6.45, 7) is 3.95. The molecule has 1 aliphatic heterocycles. The number of H-pyrrole nitrogens is 1. The highest BCUT2D eigenvalue weighted by molar-refractivity contribution is 5.77. The van der Waals surface area contributed by atoms with Crippen molar-refractivity contribution in [3.05, 3.63) is 63.7 Å². The van der Waals surface area contributed by atoms with Crippen LogP contribution < -0.4 is 19.9 Å². The van der Waals surface area contributed by atoms with E-state index in [0.717, 1.165) is 42.4 Å². The van der Waals surface area contributed by atoms with Crippen molar-refractivity contribution in [2.24, 2.45) is 0 Å². The monoisotopic (exact) mass is 366 g/mol. The number of methoxy groups -OCH3 is 2. The molecular formula is C21H24N3O3+. The Balaban J connectivity index is 1.65. The molecule has 6 heteroatoms. The van der Waals surface area contributed by atoms with E-state index in [4.69, 9.17) is 14.5 Å². The van der Waals surface area contributed by atoms with Crippen molar-refractivity contribution in [1.29, 1.82) is 0 Å². The van der Waals surface area contributed by atoms with E-state index in [1.165, 1.54) is 16.0 Å². The zero-order valence-corrected chi connectivity index (χ0v) is 15.8. The zero-order chi connectivity index (χ0) is 19.0. The van der Waals surface area contributed by atoms with E-state index in [2.05, 4.69) is 24.0 Å². The number of aromatic amines is 1. The molecule has 6 nitrogen and oxygen atoms in total.